The van der Waals surface area contributed by atoms with Crippen molar-refractivity contribution < 1.29 is 14.3 Å². The number of benzene rings is 1. The first kappa shape index (κ1) is 22.5. The number of hydrogen-bond donors (Lipinski definition) is 2. The van der Waals surface area contributed by atoms with Gasteiger partial charge < -0.3 is 20.3 Å². The Labute approximate surface area is 173 Å². The summed E-state index contributed by atoms with van der Waals surface area (Å²) in [6.45, 7) is 7.08. The molecule has 0 aromatic heterocycles. The summed E-state index contributed by atoms with van der Waals surface area (Å²) in [5.41, 5.74) is 2.15. The summed E-state index contributed by atoms with van der Waals surface area (Å²) in [6.07, 6.45) is 3.98. The Balaban J connectivity index is 0.00000280. The van der Waals surface area contributed by atoms with E-state index in [-0.39, 0.29) is 36.9 Å². The molecule has 3 rings (SSSR count). The third-order valence-corrected chi connectivity index (χ3v) is 5.51. The molecule has 2 atom stereocenters. The smallest absolute Gasteiger partial charge is 0.260 e. The lowest BCUT2D eigenvalue weighted by molar-refractivity contribution is -0.135. The summed E-state index contributed by atoms with van der Waals surface area (Å²) < 4.78 is 5.76. The van der Waals surface area contributed by atoms with Crippen LogP contribution in [0.15, 0.2) is 18.2 Å². The highest BCUT2D eigenvalue weighted by molar-refractivity contribution is 5.85. The number of rotatable bonds is 6. The molecule has 2 heterocycles. The van der Waals surface area contributed by atoms with E-state index in [1.165, 1.54) is 0 Å². The number of nitrogens with one attached hydrogen (secondary N) is 2. The molecule has 2 N–H and O–H groups in total. The van der Waals surface area contributed by atoms with E-state index in [4.69, 9.17) is 4.74 Å². The molecule has 2 aliphatic rings. The molecule has 2 amide bonds. The maximum Gasteiger partial charge on any atom is 0.260 e. The molecule has 1 aromatic rings. The molecule has 2 saturated heterocycles. The van der Waals surface area contributed by atoms with Crippen LogP contribution >= 0.6 is 12.4 Å². The quantitative estimate of drug-likeness (QED) is 0.755. The number of amides is 2. The number of halogens is 1. The van der Waals surface area contributed by atoms with E-state index in [2.05, 4.69) is 10.6 Å². The van der Waals surface area contributed by atoms with E-state index in [1.54, 1.807) is 0 Å². The fourth-order valence-electron chi connectivity index (χ4n) is 3.83. The molecular weight excluding hydrogens is 378 g/mol. The highest BCUT2D eigenvalue weighted by atomic mass is 35.5. The summed E-state index contributed by atoms with van der Waals surface area (Å²) in [7, 11) is 0. The molecular formula is C21H32ClN3O3. The molecule has 156 valence electrons. The van der Waals surface area contributed by atoms with Crippen LogP contribution in [0.4, 0.5) is 0 Å². The largest absolute Gasteiger partial charge is 0.483 e. The Morgan fingerprint density at radius 2 is 2.07 bits per heavy atom. The van der Waals surface area contributed by atoms with Crippen molar-refractivity contribution in [3.05, 3.63) is 29.3 Å². The van der Waals surface area contributed by atoms with Crippen LogP contribution in [0.25, 0.3) is 0 Å². The maximum atomic E-state index is 12.6. The van der Waals surface area contributed by atoms with Crippen molar-refractivity contribution >= 4 is 24.2 Å². The van der Waals surface area contributed by atoms with Crippen molar-refractivity contribution in [3.8, 4) is 5.75 Å². The average Bonchev–Trinajstić information content (AvgIpc) is 3.21. The van der Waals surface area contributed by atoms with Crippen LogP contribution in [0.3, 0.4) is 0 Å². The fourth-order valence-corrected chi connectivity index (χ4v) is 3.83. The molecule has 2 aliphatic heterocycles. The van der Waals surface area contributed by atoms with Gasteiger partial charge in [0.15, 0.2) is 6.61 Å². The molecule has 0 radical (unpaired) electrons. The Morgan fingerprint density at radius 1 is 1.25 bits per heavy atom. The standard InChI is InChI=1S/C21H31N3O3.ClH/c1-15-7-8-16(2)19(11-15)27-14-20(25)24-10-4-5-17(13-24)12-23-21(26)18-6-3-9-22-18;/h7-8,11,17-18,22H,3-6,9-10,12-14H2,1-2H3,(H,23,26);1H. The Kier molecular flexibility index (Phi) is 8.58. The maximum absolute atomic E-state index is 12.6. The fraction of sp³-hybridized carbons (Fsp3) is 0.619. The number of aryl methyl sites for hydroxylation is 2. The number of ether oxygens (including phenoxy) is 1. The topological polar surface area (TPSA) is 70.7 Å². The number of carbonyl (C=O) groups is 2. The minimum atomic E-state index is -0.0442. The monoisotopic (exact) mass is 409 g/mol. The number of nitrogens with zero attached hydrogens (tertiary/aromatic N) is 1. The zero-order valence-corrected chi connectivity index (χ0v) is 17.6. The molecule has 1 aromatic carbocycles. The van der Waals surface area contributed by atoms with Crippen molar-refractivity contribution in [3.63, 3.8) is 0 Å². The minimum absolute atomic E-state index is 0. The van der Waals surface area contributed by atoms with Crippen molar-refractivity contribution in [1.82, 2.24) is 15.5 Å². The van der Waals surface area contributed by atoms with E-state index in [0.717, 1.165) is 55.6 Å². The Bertz CT molecular complexity index is 677. The number of carbonyl (C=O) groups excluding carboxylic acids is 2. The molecule has 28 heavy (non-hydrogen) atoms. The number of likely N-dealkylation sites (tertiary alicyclic amines) is 1. The lowest BCUT2D eigenvalue weighted by Gasteiger charge is -2.33. The van der Waals surface area contributed by atoms with Gasteiger partial charge in [0.2, 0.25) is 5.91 Å². The van der Waals surface area contributed by atoms with Crippen molar-refractivity contribution in [2.75, 3.05) is 32.8 Å². The van der Waals surface area contributed by atoms with Gasteiger partial charge in [-0.25, -0.2) is 0 Å². The molecule has 2 fully saturated rings. The van der Waals surface area contributed by atoms with Crippen LogP contribution in [0.2, 0.25) is 0 Å². The van der Waals surface area contributed by atoms with Crippen LogP contribution in [-0.4, -0.2) is 55.5 Å². The summed E-state index contributed by atoms with van der Waals surface area (Å²) >= 11 is 0. The van der Waals surface area contributed by atoms with Gasteiger partial charge in [0.1, 0.15) is 5.75 Å². The average molecular weight is 410 g/mol. The molecule has 6 nitrogen and oxygen atoms in total. The van der Waals surface area contributed by atoms with Gasteiger partial charge in [-0.05, 0) is 69.2 Å². The van der Waals surface area contributed by atoms with Crippen molar-refractivity contribution in [2.24, 2.45) is 5.92 Å². The second-order valence-corrected chi connectivity index (χ2v) is 7.80. The summed E-state index contributed by atoms with van der Waals surface area (Å²) in [5.74, 6) is 1.19. The molecule has 0 bridgehead atoms. The predicted octanol–water partition coefficient (Wildman–Crippen LogP) is 2.21. The van der Waals surface area contributed by atoms with Gasteiger partial charge in [-0.1, -0.05) is 12.1 Å². The van der Waals surface area contributed by atoms with Gasteiger partial charge in [0.05, 0.1) is 6.04 Å². The van der Waals surface area contributed by atoms with Gasteiger partial charge >= 0.3 is 0 Å². The van der Waals surface area contributed by atoms with Crippen LogP contribution in [0.5, 0.6) is 5.75 Å². The van der Waals surface area contributed by atoms with E-state index in [9.17, 15) is 9.59 Å². The van der Waals surface area contributed by atoms with Crippen LogP contribution in [0, 0.1) is 19.8 Å². The zero-order valence-electron chi connectivity index (χ0n) is 16.8. The first-order valence-electron chi connectivity index (χ1n) is 10.0. The second-order valence-electron chi connectivity index (χ2n) is 7.80. The van der Waals surface area contributed by atoms with Crippen LogP contribution < -0.4 is 15.4 Å². The third kappa shape index (κ3) is 6.11. The van der Waals surface area contributed by atoms with Crippen LogP contribution in [-0.2, 0) is 9.59 Å². The second kappa shape index (κ2) is 10.7. The lowest BCUT2D eigenvalue weighted by Crippen LogP contribution is -2.47. The van der Waals surface area contributed by atoms with E-state index >= 15 is 0 Å². The van der Waals surface area contributed by atoms with Gasteiger partial charge in [-0.15, -0.1) is 12.4 Å². The van der Waals surface area contributed by atoms with Crippen LogP contribution in [0.1, 0.15) is 36.8 Å². The number of hydrogen-bond acceptors (Lipinski definition) is 4. The summed E-state index contributed by atoms with van der Waals surface area (Å²) in [6, 6.07) is 5.97. The first-order chi connectivity index (χ1) is 13.0. The molecule has 2 unspecified atom stereocenters. The summed E-state index contributed by atoms with van der Waals surface area (Å²) in [4.78, 5) is 26.6. The Morgan fingerprint density at radius 3 is 2.82 bits per heavy atom. The van der Waals surface area contributed by atoms with Crippen molar-refractivity contribution in [2.45, 2.75) is 45.6 Å². The van der Waals surface area contributed by atoms with Gasteiger partial charge in [-0.2, -0.15) is 0 Å². The van der Waals surface area contributed by atoms with E-state index < -0.39 is 0 Å². The van der Waals surface area contributed by atoms with E-state index in [1.807, 2.05) is 36.9 Å². The van der Waals surface area contributed by atoms with Gasteiger partial charge in [0, 0.05) is 19.6 Å². The lowest BCUT2D eigenvalue weighted by atomic mass is 9.97. The highest BCUT2D eigenvalue weighted by Gasteiger charge is 2.26. The van der Waals surface area contributed by atoms with Gasteiger partial charge in [0.25, 0.3) is 5.91 Å². The van der Waals surface area contributed by atoms with Gasteiger partial charge in [-0.3, -0.25) is 9.59 Å². The molecule has 0 aliphatic carbocycles. The third-order valence-electron chi connectivity index (χ3n) is 5.51. The van der Waals surface area contributed by atoms with Crippen molar-refractivity contribution in [1.29, 1.82) is 0 Å². The highest BCUT2D eigenvalue weighted by Crippen LogP contribution is 2.20. The molecule has 0 spiro atoms. The molecule has 7 heteroatoms. The van der Waals surface area contributed by atoms with E-state index in [0.29, 0.717) is 19.0 Å². The molecule has 0 saturated carbocycles. The summed E-state index contributed by atoms with van der Waals surface area (Å²) in [5, 5.41) is 6.27. The normalized spacial score (nSPS) is 21.7. The number of piperidine rings is 1. The zero-order chi connectivity index (χ0) is 19.2. The Hall–Kier alpha value is -1.79. The predicted molar refractivity (Wildman–Crippen MR) is 112 cm³/mol. The minimum Gasteiger partial charge on any atom is -0.483 e. The first-order valence-corrected chi connectivity index (χ1v) is 10.0. The SMILES string of the molecule is Cc1ccc(C)c(OCC(=O)N2CCCC(CNC(=O)C3CCCN3)C2)c1.Cl.